The maximum Gasteiger partial charge on any atom is 0.129 e. The molecule has 0 N–H and O–H groups in total. The zero-order valence-electron chi connectivity index (χ0n) is 11.1. The van der Waals surface area contributed by atoms with Crippen LogP contribution in [0.15, 0.2) is 6.07 Å². The second-order valence-electron chi connectivity index (χ2n) is 5.04. The van der Waals surface area contributed by atoms with Crippen LogP contribution < -0.4 is 0 Å². The Kier molecular flexibility index (Phi) is 4.66. The minimum absolute atomic E-state index is 0.191. The van der Waals surface area contributed by atoms with Gasteiger partial charge in [0.15, 0.2) is 0 Å². The quantitative estimate of drug-likeness (QED) is 0.717. The molecule has 1 unspecified atom stereocenters. The lowest BCUT2D eigenvalue weighted by molar-refractivity contribution is 0.537. The number of rotatable bonds is 4. The molecule has 0 fully saturated rings. The van der Waals surface area contributed by atoms with E-state index < -0.39 is 0 Å². The Morgan fingerprint density at radius 3 is 2.83 bits per heavy atom. The van der Waals surface area contributed by atoms with Gasteiger partial charge in [-0.3, -0.25) is 0 Å². The summed E-state index contributed by atoms with van der Waals surface area (Å²) in [7, 11) is 0. The van der Waals surface area contributed by atoms with Gasteiger partial charge in [-0.05, 0) is 61.1 Å². The summed E-state index contributed by atoms with van der Waals surface area (Å²) in [6.45, 7) is 3.81. The molecule has 1 aromatic carbocycles. The molecule has 100 valence electrons. The van der Waals surface area contributed by atoms with Crippen molar-refractivity contribution < 1.29 is 8.78 Å². The SMILES string of the molecule is CCCCSC1CCc2c(F)c(C)cc(F)c2C1. The zero-order valence-corrected chi connectivity index (χ0v) is 11.9. The van der Waals surface area contributed by atoms with Crippen molar-refractivity contribution >= 4 is 11.8 Å². The number of hydrogen-bond acceptors (Lipinski definition) is 1. The lowest BCUT2D eigenvalue weighted by Gasteiger charge is -2.25. The summed E-state index contributed by atoms with van der Waals surface area (Å²) >= 11 is 1.92. The van der Waals surface area contributed by atoms with Crippen LogP contribution >= 0.6 is 11.8 Å². The van der Waals surface area contributed by atoms with E-state index in [9.17, 15) is 8.78 Å². The normalized spacial score (nSPS) is 18.8. The fourth-order valence-corrected chi connectivity index (χ4v) is 3.87. The van der Waals surface area contributed by atoms with Gasteiger partial charge < -0.3 is 0 Å². The molecule has 0 aliphatic heterocycles. The van der Waals surface area contributed by atoms with Gasteiger partial charge in [0.2, 0.25) is 0 Å². The Balaban J connectivity index is 2.12. The van der Waals surface area contributed by atoms with Crippen molar-refractivity contribution in [3.63, 3.8) is 0 Å². The van der Waals surface area contributed by atoms with Gasteiger partial charge in [-0.25, -0.2) is 8.78 Å². The third kappa shape index (κ3) is 2.87. The molecule has 0 saturated heterocycles. The maximum atomic E-state index is 13.9. The predicted octanol–water partition coefficient (Wildman–Crippen LogP) is 4.66. The largest absolute Gasteiger partial charge is 0.207 e. The fraction of sp³-hybridized carbons (Fsp3) is 0.600. The molecule has 1 aromatic rings. The van der Waals surface area contributed by atoms with E-state index in [4.69, 9.17) is 0 Å². The molecule has 0 aromatic heterocycles. The van der Waals surface area contributed by atoms with E-state index in [1.54, 1.807) is 6.92 Å². The van der Waals surface area contributed by atoms with Crippen LogP contribution in [-0.2, 0) is 12.8 Å². The topological polar surface area (TPSA) is 0 Å². The number of halogens is 2. The summed E-state index contributed by atoms with van der Waals surface area (Å²) in [4.78, 5) is 0. The van der Waals surface area contributed by atoms with Crippen molar-refractivity contribution in [1.29, 1.82) is 0 Å². The van der Waals surface area contributed by atoms with Gasteiger partial charge in [-0.1, -0.05) is 13.3 Å². The van der Waals surface area contributed by atoms with Crippen LogP contribution in [0, 0.1) is 18.6 Å². The summed E-state index contributed by atoms with van der Waals surface area (Å²) in [5, 5.41) is 0.459. The third-order valence-corrected chi connectivity index (χ3v) is 5.00. The number of unbranched alkanes of at least 4 members (excludes halogenated alkanes) is 1. The second-order valence-corrected chi connectivity index (χ2v) is 6.44. The summed E-state index contributed by atoms with van der Waals surface area (Å²) in [6, 6.07) is 1.34. The van der Waals surface area contributed by atoms with Gasteiger partial charge in [-0.15, -0.1) is 0 Å². The molecule has 3 heteroatoms. The summed E-state index contributed by atoms with van der Waals surface area (Å²) in [6.07, 6.45) is 4.74. The van der Waals surface area contributed by atoms with Gasteiger partial charge in [0, 0.05) is 5.25 Å². The van der Waals surface area contributed by atoms with E-state index >= 15 is 0 Å². The standard InChI is InChI=1S/C15H20F2S/c1-3-4-7-18-11-5-6-12-13(9-11)14(16)8-10(2)15(12)17/h8,11H,3-7,9H2,1-2H3. The van der Waals surface area contributed by atoms with E-state index in [-0.39, 0.29) is 11.6 Å². The van der Waals surface area contributed by atoms with Gasteiger partial charge in [0.1, 0.15) is 11.6 Å². The van der Waals surface area contributed by atoms with Crippen molar-refractivity contribution in [2.24, 2.45) is 0 Å². The van der Waals surface area contributed by atoms with Crippen LogP contribution in [0.3, 0.4) is 0 Å². The Hall–Kier alpha value is -0.570. The molecular weight excluding hydrogens is 250 g/mol. The van der Waals surface area contributed by atoms with E-state index in [0.717, 1.165) is 12.2 Å². The average molecular weight is 270 g/mol. The number of fused-ring (bicyclic) bond motifs is 1. The Labute approximate surface area is 112 Å². The zero-order chi connectivity index (χ0) is 13.1. The highest BCUT2D eigenvalue weighted by Gasteiger charge is 2.25. The Bertz CT molecular complexity index is 429. The Morgan fingerprint density at radius 2 is 2.11 bits per heavy atom. The summed E-state index contributed by atoms with van der Waals surface area (Å²) < 4.78 is 27.8. The predicted molar refractivity (Wildman–Crippen MR) is 74.3 cm³/mol. The molecule has 0 amide bonds. The molecule has 0 radical (unpaired) electrons. The average Bonchev–Trinajstić information content (AvgIpc) is 2.36. The van der Waals surface area contributed by atoms with Gasteiger partial charge in [-0.2, -0.15) is 11.8 Å². The minimum atomic E-state index is -0.218. The molecule has 0 heterocycles. The number of hydrogen-bond donors (Lipinski definition) is 0. The number of thioether (sulfide) groups is 1. The molecule has 1 aliphatic carbocycles. The third-order valence-electron chi connectivity index (χ3n) is 3.61. The monoisotopic (exact) mass is 270 g/mol. The lowest BCUT2D eigenvalue weighted by Crippen LogP contribution is -2.20. The Morgan fingerprint density at radius 1 is 1.33 bits per heavy atom. The van der Waals surface area contributed by atoms with Gasteiger partial charge in [0.05, 0.1) is 0 Å². The molecule has 0 spiro atoms. The van der Waals surface area contributed by atoms with Crippen LogP contribution in [0.1, 0.15) is 42.9 Å². The van der Waals surface area contributed by atoms with E-state index in [1.165, 1.54) is 18.9 Å². The van der Waals surface area contributed by atoms with E-state index in [0.29, 0.717) is 34.8 Å². The van der Waals surface area contributed by atoms with E-state index in [1.807, 2.05) is 11.8 Å². The molecule has 18 heavy (non-hydrogen) atoms. The highest BCUT2D eigenvalue weighted by atomic mass is 32.2. The van der Waals surface area contributed by atoms with Crippen molar-refractivity contribution in [2.75, 3.05) is 5.75 Å². The maximum absolute atomic E-state index is 13.9. The molecule has 1 atom stereocenters. The number of aryl methyl sites for hydroxylation is 1. The first-order valence-corrected chi connectivity index (χ1v) is 7.76. The highest BCUT2D eigenvalue weighted by Crippen LogP contribution is 2.33. The van der Waals surface area contributed by atoms with Crippen LogP contribution in [-0.4, -0.2) is 11.0 Å². The first-order chi connectivity index (χ1) is 8.63. The summed E-state index contributed by atoms with van der Waals surface area (Å²) in [5.74, 6) is 0.722. The fourth-order valence-electron chi connectivity index (χ4n) is 2.51. The molecule has 1 aliphatic rings. The van der Waals surface area contributed by atoms with Crippen LogP contribution in [0.4, 0.5) is 8.78 Å². The molecule has 0 saturated carbocycles. The van der Waals surface area contributed by atoms with Gasteiger partial charge >= 0.3 is 0 Å². The van der Waals surface area contributed by atoms with E-state index in [2.05, 4.69) is 6.92 Å². The van der Waals surface area contributed by atoms with Crippen molar-refractivity contribution in [3.8, 4) is 0 Å². The van der Waals surface area contributed by atoms with Crippen molar-refractivity contribution in [1.82, 2.24) is 0 Å². The molecular formula is C15H20F2S. The van der Waals surface area contributed by atoms with Gasteiger partial charge in [0.25, 0.3) is 0 Å². The minimum Gasteiger partial charge on any atom is -0.207 e. The molecule has 0 nitrogen and oxygen atoms in total. The number of benzene rings is 1. The smallest absolute Gasteiger partial charge is 0.129 e. The first-order valence-electron chi connectivity index (χ1n) is 6.71. The molecule has 0 bridgehead atoms. The van der Waals surface area contributed by atoms with Crippen molar-refractivity contribution in [2.45, 2.75) is 51.2 Å². The summed E-state index contributed by atoms with van der Waals surface area (Å²) in [5.41, 5.74) is 1.68. The van der Waals surface area contributed by atoms with Crippen molar-refractivity contribution in [3.05, 3.63) is 34.4 Å². The van der Waals surface area contributed by atoms with Crippen LogP contribution in [0.2, 0.25) is 0 Å². The second kappa shape index (κ2) is 6.05. The first kappa shape index (κ1) is 13.9. The van der Waals surface area contributed by atoms with Crippen LogP contribution in [0.5, 0.6) is 0 Å². The molecule has 2 rings (SSSR count). The lowest BCUT2D eigenvalue weighted by atomic mass is 9.89. The highest BCUT2D eigenvalue weighted by molar-refractivity contribution is 7.99. The van der Waals surface area contributed by atoms with Crippen LogP contribution in [0.25, 0.3) is 0 Å².